The van der Waals surface area contributed by atoms with Crippen molar-refractivity contribution in [2.75, 3.05) is 26.2 Å². The summed E-state index contributed by atoms with van der Waals surface area (Å²) in [4.78, 5) is 42.5. The molecule has 2 amide bonds. The van der Waals surface area contributed by atoms with E-state index in [-0.39, 0.29) is 24.1 Å². The van der Waals surface area contributed by atoms with Crippen LogP contribution < -0.4 is 19.7 Å². The average Bonchev–Trinajstić information content (AvgIpc) is 3.45. The van der Waals surface area contributed by atoms with E-state index >= 15 is 0 Å². The first-order valence-electron chi connectivity index (χ1n) is 14.2. The number of carbonyl (C=O) groups excluding carboxylic acids is 3. The maximum Gasteiger partial charge on any atom is 0.337 e. The summed E-state index contributed by atoms with van der Waals surface area (Å²) in [6.07, 6.45) is 4.90. The van der Waals surface area contributed by atoms with Crippen molar-refractivity contribution in [1.29, 1.82) is 0 Å². The lowest BCUT2D eigenvalue weighted by Gasteiger charge is -2.34. The third kappa shape index (κ3) is 6.45. The van der Waals surface area contributed by atoms with E-state index in [0.29, 0.717) is 33.8 Å². The minimum atomic E-state index is -1.11. The molecule has 11 nitrogen and oxygen atoms in total. The first-order chi connectivity index (χ1) is 20.9. The van der Waals surface area contributed by atoms with Gasteiger partial charge in [-0.05, 0) is 60.9 Å². The number of benzene rings is 3. The van der Waals surface area contributed by atoms with Crippen LogP contribution >= 0.6 is 0 Å². The van der Waals surface area contributed by atoms with Crippen molar-refractivity contribution in [3.05, 3.63) is 77.9 Å². The number of para-hydroxylation sites is 1. The fourth-order valence-corrected chi connectivity index (χ4v) is 5.54. The molecule has 1 aliphatic carbocycles. The standard InChI is InChI=1S/C32H35N5O6/c1-41-27-17-16-21(19-28(27)42-2)30(31(39)33-23-11-5-4-6-12-23)37(24-13-9-10-22(18-24)32(40)43-3)29(38)20-36-26-15-8-7-14-25(26)34-35-36/h7-10,13-19,23,30H,4-6,11-12,20H2,1-3H3,(H,33,39). The maximum atomic E-state index is 14.4. The monoisotopic (exact) mass is 585 g/mol. The van der Waals surface area contributed by atoms with E-state index in [1.54, 1.807) is 42.5 Å². The molecule has 1 N–H and O–H groups in total. The normalized spacial score (nSPS) is 14.1. The van der Waals surface area contributed by atoms with E-state index in [2.05, 4.69) is 15.6 Å². The van der Waals surface area contributed by atoms with Gasteiger partial charge in [0.15, 0.2) is 11.5 Å². The molecule has 4 aromatic rings. The van der Waals surface area contributed by atoms with Gasteiger partial charge in [-0.1, -0.05) is 48.7 Å². The van der Waals surface area contributed by atoms with Gasteiger partial charge in [0.1, 0.15) is 18.1 Å². The summed E-state index contributed by atoms with van der Waals surface area (Å²) >= 11 is 0. The molecule has 1 atom stereocenters. The first-order valence-corrected chi connectivity index (χ1v) is 14.2. The van der Waals surface area contributed by atoms with Crippen LogP contribution in [0.4, 0.5) is 5.69 Å². The van der Waals surface area contributed by atoms with Crippen molar-refractivity contribution in [2.24, 2.45) is 0 Å². The molecule has 0 radical (unpaired) electrons. The third-order valence-corrected chi connectivity index (χ3v) is 7.70. The van der Waals surface area contributed by atoms with Crippen LogP contribution in [0.1, 0.15) is 54.1 Å². The van der Waals surface area contributed by atoms with E-state index in [0.717, 1.165) is 32.1 Å². The van der Waals surface area contributed by atoms with Crippen molar-refractivity contribution >= 4 is 34.5 Å². The zero-order chi connectivity index (χ0) is 30.3. The molecule has 11 heteroatoms. The van der Waals surface area contributed by atoms with Gasteiger partial charge in [-0.2, -0.15) is 0 Å². The van der Waals surface area contributed by atoms with Crippen LogP contribution in [0.2, 0.25) is 0 Å². The molecule has 224 valence electrons. The Morgan fingerprint density at radius 3 is 2.44 bits per heavy atom. The molecule has 5 rings (SSSR count). The summed E-state index contributed by atoms with van der Waals surface area (Å²) in [5.41, 5.74) is 2.40. The van der Waals surface area contributed by atoms with E-state index in [4.69, 9.17) is 14.2 Å². The second-order valence-electron chi connectivity index (χ2n) is 10.4. The molecule has 0 spiro atoms. The Morgan fingerprint density at radius 2 is 1.70 bits per heavy atom. The molecule has 43 heavy (non-hydrogen) atoms. The number of aromatic nitrogens is 3. The molecule has 1 unspecified atom stereocenters. The number of esters is 1. The van der Waals surface area contributed by atoms with Crippen molar-refractivity contribution < 1.29 is 28.6 Å². The van der Waals surface area contributed by atoms with Crippen LogP contribution in [-0.2, 0) is 20.9 Å². The topological polar surface area (TPSA) is 125 Å². The minimum absolute atomic E-state index is 0.0125. The number of methoxy groups -OCH3 is 3. The molecule has 1 aliphatic rings. The molecule has 3 aromatic carbocycles. The number of fused-ring (bicyclic) bond motifs is 1. The highest BCUT2D eigenvalue weighted by Crippen LogP contribution is 2.35. The van der Waals surface area contributed by atoms with Crippen molar-refractivity contribution in [3.8, 4) is 11.5 Å². The zero-order valence-corrected chi connectivity index (χ0v) is 24.5. The number of nitrogens with zero attached hydrogens (tertiary/aromatic N) is 4. The number of hydrogen-bond donors (Lipinski definition) is 1. The van der Waals surface area contributed by atoms with Gasteiger partial charge in [0.2, 0.25) is 11.8 Å². The fraction of sp³-hybridized carbons (Fsp3) is 0.344. The van der Waals surface area contributed by atoms with Gasteiger partial charge >= 0.3 is 5.97 Å². The summed E-state index contributed by atoms with van der Waals surface area (Å²) in [5.74, 6) is -0.452. The number of ether oxygens (including phenoxy) is 3. The van der Waals surface area contributed by atoms with Crippen LogP contribution in [0.3, 0.4) is 0 Å². The number of nitrogens with one attached hydrogen (secondary N) is 1. The largest absolute Gasteiger partial charge is 0.493 e. The van der Waals surface area contributed by atoms with Gasteiger partial charge in [-0.15, -0.1) is 5.10 Å². The van der Waals surface area contributed by atoms with Gasteiger partial charge in [0, 0.05) is 11.7 Å². The van der Waals surface area contributed by atoms with Gasteiger partial charge < -0.3 is 19.5 Å². The number of anilines is 1. The van der Waals surface area contributed by atoms with E-state index in [1.165, 1.54) is 30.9 Å². The second-order valence-corrected chi connectivity index (χ2v) is 10.4. The first kappa shape index (κ1) is 29.6. The molecule has 0 bridgehead atoms. The Morgan fingerprint density at radius 1 is 0.930 bits per heavy atom. The average molecular weight is 586 g/mol. The van der Waals surface area contributed by atoms with E-state index in [1.807, 2.05) is 24.3 Å². The lowest BCUT2D eigenvalue weighted by Crippen LogP contribution is -2.48. The molecule has 1 saturated carbocycles. The lowest BCUT2D eigenvalue weighted by molar-refractivity contribution is -0.127. The number of carbonyl (C=O) groups is 3. The van der Waals surface area contributed by atoms with Crippen molar-refractivity contribution in [2.45, 2.75) is 50.7 Å². The van der Waals surface area contributed by atoms with Gasteiger partial charge in [-0.3, -0.25) is 14.5 Å². The number of hydrogen-bond acceptors (Lipinski definition) is 8. The SMILES string of the molecule is COC(=O)c1cccc(N(C(=O)Cn2nnc3ccccc32)C(C(=O)NC2CCCCC2)c2ccc(OC)c(OC)c2)c1. The highest BCUT2D eigenvalue weighted by molar-refractivity contribution is 6.02. The summed E-state index contributed by atoms with van der Waals surface area (Å²) in [7, 11) is 4.33. The molecule has 0 saturated heterocycles. The quantitative estimate of drug-likeness (QED) is 0.271. The van der Waals surface area contributed by atoms with Crippen molar-refractivity contribution in [3.63, 3.8) is 0 Å². The Hall–Kier alpha value is -4.93. The summed E-state index contributed by atoms with van der Waals surface area (Å²) < 4.78 is 17.4. The summed E-state index contributed by atoms with van der Waals surface area (Å²) in [6.45, 7) is -0.205. The minimum Gasteiger partial charge on any atom is -0.493 e. The van der Waals surface area contributed by atoms with Crippen LogP contribution in [0.15, 0.2) is 66.7 Å². The predicted molar refractivity (Wildman–Crippen MR) is 160 cm³/mol. The van der Waals surface area contributed by atoms with Crippen LogP contribution in [0, 0.1) is 0 Å². The Labute approximate surface area is 249 Å². The summed E-state index contributed by atoms with van der Waals surface area (Å²) in [5, 5.41) is 11.6. The molecule has 0 aliphatic heterocycles. The molecule has 1 heterocycles. The van der Waals surface area contributed by atoms with E-state index in [9.17, 15) is 14.4 Å². The van der Waals surface area contributed by atoms with E-state index < -0.39 is 17.9 Å². The smallest absolute Gasteiger partial charge is 0.337 e. The van der Waals surface area contributed by atoms with Gasteiger partial charge in [0.05, 0.1) is 32.4 Å². The highest BCUT2D eigenvalue weighted by atomic mass is 16.5. The molecular formula is C32H35N5O6. The Balaban J connectivity index is 1.63. The fourth-order valence-electron chi connectivity index (χ4n) is 5.54. The molecule has 1 fully saturated rings. The lowest BCUT2D eigenvalue weighted by atomic mass is 9.94. The van der Waals surface area contributed by atoms with Gasteiger partial charge in [0.25, 0.3) is 0 Å². The Bertz CT molecular complexity index is 1610. The Kier molecular flexibility index (Phi) is 9.19. The zero-order valence-electron chi connectivity index (χ0n) is 24.5. The third-order valence-electron chi connectivity index (χ3n) is 7.70. The van der Waals surface area contributed by atoms with Crippen molar-refractivity contribution in [1.82, 2.24) is 20.3 Å². The number of rotatable bonds is 10. The van der Waals surface area contributed by atoms with Crippen LogP contribution in [0.25, 0.3) is 11.0 Å². The molecular weight excluding hydrogens is 550 g/mol. The predicted octanol–water partition coefficient (Wildman–Crippen LogP) is 4.46. The van der Waals surface area contributed by atoms with Crippen LogP contribution in [-0.4, -0.2) is 60.1 Å². The highest BCUT2D eigenvalue weighted by Gasteiger charge is 2.35. The molecule has 1 aromatic heterocycles. The summed E-state index contributed by atoms with van der Waals surface area (Å²) in [6, 6.07) is 17.8. The second kappa shape index (κ2) is 13.4. The number of amides is 2. The maximum absolute atomic E-state index is 14.4. The van der Waals surface area contributed by atoms with Crippen LogP contribution in [0.5, 0.6) is 11.5 Å². The van der Waals surface area contributed by atoms with Gasteiger partial charge in [-0.25, -0.2) is 9.48 Å².